The molecule has 3 N–H and O–H groups in total. The van der Waals surface area contributed by atoms with E-state index in [0.29, 0.717) is 24.0 Å². The number of pyridine rings is 1. The zero-order valence-electron chi connectivity index (χ0n) is 14.8. The normalized spacial score (nSPS) is 11.1. The van der Waals surface area contributed by atoms with Crippen molar-refractivity contribution in [3.05, 3.63) is 66.4 Å². The molecule has 0 saturated heterocycles. The highest BCUT2D eigenvalue weighted by molar-refractivity contribution is 7.89. The van der Waals surface area contributed by atoms with E-state index in [4.69, 9.17) is 0 Å². The van der Waals surface area contributed by atoms with Crippen molar-refractivity contribution < 1.29 is 8.42 Å². The first-order valence-corrected chi connectivity index (χ1v) is 9.83. The molecule has 0 spiro atoms. The zero-order chi connectivity index (χ0) is 19.1. The van der Waals surface area contributed by atoms with Gasteiger partial charge in [0.05, 0.1) is 4.90 Å². The zero-order valence-corrected chi connectivity index (χ0v) is 15.6. The Morgan fingerprint density at radius 2 is 1.56 bits per heavy atom. The Hall–Kier alpha value is -3.04. The molecule has 0 aliphatic rings. The van der Waals surface area contributed by atoms with Gasteiger partial charge in [0.1, 0.15) is 11.6 Å². The first-order chi connectivity index (χ1) is 13.0. The van der Waals surface area contributed by atoms with Crippen LogP contribution in [-0.4, -0.2) is 36.7 Å². The monoisotopic (exact) mass is 384 g/mol. The predicted octanol–water partition coefficient (Wildman–Crippen LogP) is 2.31. The molecule has 0 radical (unpaired) electrons. The molecule has 0 fully saturated rings. The molecule has 140 valence electrons. The number of aromatic nitrogens is 3. The van der Waals surface area contributed by atoms with Crippen LogP contribution in [0.5, 0.6) is 0 Å². The summed E-state index contributed by atoms with van der Waals surface area (Å²) in [5.41, 5.74) is 1.08. The maximum atomic E-state index is 12.1. The quantitative estimate of drug-likeness (QED) is 0.511. The first kappa shape index (κ1) is 18.7. The smallest absolute Gasteiger partial charge is 0.240 e. The number of aryl methyl sites for hydroxylation is 1. The fraction of sp³-hybridized carbons (Fsp3) is 0.167. The maximum absolute atomic E-state index is 12.1. The fourth-order valence-electron chi connectivity index (χ4n) is 2.23. The van der Waals surface area contributed by atoms with Crippen molar-refractivity contribution >= 4 is 27.5 Å². The lowest BCUT2D eigenvalue weighted by molar-refractivity contribution is 0.583. The minimum absolute atomic E-state index is 0.228. The number of hydrogen-bond acceptors (Lipinski definition) is 7. The summed E-state index contributed by atoms with van der Waals surface area (Å²) in [5.74, 6) is 1.81. The van der Waals surface area contributed by atoms with Gasteiger partial charge in [-0.05, 0) is 42.8 Å². The van der Waals surface area contributed by atoms with E-state index in [2.05, 4.69) is 30.5 Å². The standard InChI is InChI=1S/C18H20N6O2S/c1-14-7-8-16(20-13-14)22-18-10-9-17(23-24-18)19-11-12-21-27(25,26)15-5-3-2-4-6-15/h2-10,13,21H,11-12H2,1H3,(H,19,23)(H,20,22,24). The molecule has 0 bridgehead atoms. The Balaban J connectivity index is 1.47. The van der Waals surface area contributed by atoms with E-state index in [1.807, 2.05) is 19.1 Å². The van der Waals surface area contributed by atoms with Crippen molar-refractivity contribution in [2.24, 2.45) is 0 Å². The van der Waals surface area contributed by atoms with Gasteiger partial charge in [-0.15, -0.1) is 10.2 Å². The van der Waals surface area contributed by atoms with Crippen LogP contribution < -0.4 is 15.4 Å². The summed E-state index contributed by atoms with van der Waals surface area (Å²) in [6.45, 7) is 2.58. The Kier molecular flexibility index (Phi) is 5.94. The van der Waals surface area contributed by atoms with E-state index in [-0.39, 0.29) is 11.4 Å². The van der Waals surface area contributed by atoms with Crippen LogP contribution >= 0.6 is 0 Å². The number of benzene rings is 1. The minimum atomic E-state index is -3.50. The van der Waals surface area contributed by atoms with Gasteiger partial charge < -0.3 is 10.6 Å². The van der Waals surface area contributed by atoms with Crippen molar-refractivity contribution in [3.63, 3.8) is 0 Å². The van der Waals surface area contributed by atoms with Gasteiger partial charge in [0.2, 0.25) is 10.0 Å². The summed E-state index contributed by atoms with van der Waals surface area (Å²) in [6.07, 6.45) is 1.77. The van der Waals surface area contributed by atoms with Crippen LogP contribution in [0.15, 0.2) is 65.7 Å². The van der Waals surface area contributed by atoms with E-state index >= 15 is 0 Å². The van der Waals surface area contributed by atoms with Gasteiger partial charge in [-0.1, -0.05) is 24.3 Å². The van der Waals surface area contributed by atoms with Crippen LogP contribution in [0.2, 0.25) is 0 Å². The lowest BCUT2D eigenvalue weighted by Crippen LogP contribution is -2.29. The minimum Gasteiger partial charge on any atom is -0.367 e. The molecule has 9 heteroatoms. The molecule has 0 unspecified atom stereocenters. The Morgan fingerprint density at radius 1 is 0.852 bits per heavy atom. The van der Waals surface area contributed by atoms with Gasteiger partial charge in [0, 0.05) is 19.3 Å². The van der Waals surface area contributed by atoms with E-state index < -0.39 is 10.0 Å². The van der Waals surface area contributed by atoms with E-state index in [1.165, 1.54) is 0 Å². The topological polar surface area (TPSA) is 109 Å². The summed E-state index contributed by atoms with van der Waals surface area (Å²) in [5, 5.41) is 14.2. The van der Waals surface area contributed by atoms with Crippen LogP contribution in [0.25, 0.3) is 0 Å². The van der Waals surface area contributed by atoms with Crippen LogP contribution in [-0.2, 0) is 10.0 Å². The van der Waals surface area contributed by atoms with Gasteiger partial charge in [-0.25, -0.2) is 18.1 Å². The Bertz CT molecular complexity index is 961. The lowest BCUT2D eigenvalue weighted by atomic mass is 10.3. The summed E-state index contributed by atoms with van der Waals surface area (Å²) in [6, 6.07) is 15.6. The van der Waals surface area contributed by atoms with Crippen molar-refractivity contribution in [1.29, 1.82) is 0 Å². The van der Waals surface area contributed by atoms with Crippen LogP contribution in [0.4, 0.5) is 17.5 Å². The fourth-order valence-corrected chi connectivity index (χ4v) is 3.28. The molecular formula is C18H20N6O2S. The van der Waals surface area contributed by atoms with E-state index in [0.717, 1.165) is 5.56 Å². The summed E-state index contributed by atoms with van der Waals surface area (Å²) >= 11 is 0. The second-order valence-electron chi connectivity index (χ2n) is 5.79. The van der Waals surface area contributed by atoms with E-state index in [1.54, 1.807) is 48.7 Å². The van der Waals surface area contributed by atoms with Crippen molar-refractivity contribution in [2.45, 2.75) is 11.8 Å². The van der Waals surface area contributed by atoms with E-state index in [9.17, 15) is 8.42 Å². The first-order valence-electron chi connectivity index (χ1n) is 8.35. The average Bonchev–Trinajstić information content (AvgIpc) is 2.69. The van der Waals surface area contributed by atoms with Gasteiger partial charge in [-0.3, -0.25) is 0 Å². The highest BCUT2D eigenvalue weighted by atomic mass is 32.2. The van der Waals surface area contributed by atoms with Gasteiger partial charge in [0.25, 0.3) is 0 Å². The average molecular weight is 384 g/mol. The molecule has 1 aromatic carbocycles. The van der Waals surface area contributed by atoms with Crippen molar-refractivity contribution in [3.8, 4) is 0 Å². The van der Waals surface area contributed by atoms with Crippen molar-refractivity contribution in [2.75, 3.05) is 23.7 Å². The summed E-state index contributed by atoms with van der Waals surface area (Å²) in [4.78, 5) is 4.49. The molecule has 27 heavy (non-hydrogen) atoms. The van der Waals surface area contributed by atoms with Crippen LogP contribution in [0.1, 0.15) is 5.56 Å². The number of anilines is 3. The third kappa shape index (κ3) is 5.47. The molecule has 3 rings (SSSR count). The number of rotatable bonds is 8. The molecule has 0 aliphatic carbocycles. The summed E-state index contributed by atoms with van der Waals surface area (Å²) < 4.78 is 26.7. The largest absolute Gasteiger partial charge is 0.367 e. The molecule has 0 aliphatic heterocycles. The predicted molar refractivity (Wildman–Crippen MR) is 104 cm³/mol. The van der Waals surface area contributed by atoms with Crippen molar-refractivity contribution in [1.82, 2.24) is 19.9 Å². The highest BCUT2D eigenvalue weighted by Gasteiger charge is 2.11. The van der Waals surface area contributed by atoms with Gasteiger partial charge in [-0.2, -0.15) is 0 Å². The lowest BCUT2D eigenvalue weighted by Gasteiger charge is -2.09. The molecular weight excluding hydrogens is 364 g/mol. The molecule has 8 nitrogen and oxygen atoms in total. The molecule has 2 aromatic heterocycles. The van der Waals surface area contributed by atoms with Crippen LogP contribution in [0.3, 0.4) is 0 Å². The van der Waals surface area contributed by atoms with Gasteiger partial charge >= 0.3 is 0 Å². The second kappa shape index (κ2) is 8.56. The molecule has 3 aromatic rings. The summed E-state index contributed by atoms with van der Waals surface area (Å²) in [7, 11) is -3.50. The third-order valence-corrected chi connectivity index (χ3v) is 5.09. The number of sulfonamides is 1. The number of nitrogens with one attached hydrogen (secondary N) is 3. The maximum Gasteiger partial charge on any atom is 0.240 e. The SMILES string of the molecule is Cc1ccc(Nc2ccc(NCCNS(=O)(=O)c3ccccc3)nn2)nc1. The van der Waals surface area contributed by atoms with Crippen LogP contribution in [0, 0.1) is 6.92 Å². The highest BCUT2D eigenvalue weighted by Crippen LogP contribution is 2.12. The Labute approximate surface area is 158 Å². The molecule has 0 atom stereocenters. The number of hydrogen-bond donors (Lipinski definition) is 3. The Morgan fingerprint density at radius 3 is 2.22 bits per heavy atom. The van der Waals surface area contributed by atoms with Gasteiger partial charge in [0.15, 0.2) is 5.82 Å². The third-order valence-electron chi connectivity index (χ3n) is 3.61. The number of nitrogens with zero attached hydrogens (tertiary/aromatic N) is 3. The molecule has 2 heterocycles. The molecule has 0 saturated carbocycles. The molecule has 0 amide bonds. The second-order valence-corrected chi connectivity index (χ2v) is 7.55.